The molecule has 0 fully saturated rings. The number of ether oxygens (including phenoxy) is 1. The smallest absolute Gasteiger partial charge is 0.313 e. The lowest BCUT2D eigenvalue weighted by Crippen LogP contribution is -2.43. The molecule has 0 saturated carbocycles. The van der Waals surface area contributed by atoms with E-state index >= 15 is 0 Å². The molecule has 3 N–H and O–H groups in total. The second-order valence-electron chi connectivity index (χ2n) is 7.20. The van der Waals surface area contributed by atoms with E-state index in [1.807, 2.05) is 42.5 Å². The van der Waals surface area contributed by atoms with E-state index < -0.39 is 17.4 Å². The number of benzene rings is 3. The van der Waals surface area contributed by atoms with Crippen LogP contribution in [0.2, 0.25) is 5.02 Å². The van der Waals surface area contributed by atoms with Gasteiger partial charge in [0.1, 0.15) is 11.4 Å². The van der Waals surface area contributed by atoms with Gasteiger partial charge in [0, 0.05) is 5.69 Å². The van der Waals surface area contributed by atoms with E-state index in [0.717, 1.165) is 11.1 Å². The summed E-state index contributed by atoms with van der Waals surface area (Å²) in [5, 5.41) is 16.0. The van der Waals surface area contributed by atoms with Gasteiger partial charge in [-0.15, -0.1) is 0 Å². The predicted molar refractivity (Wildman–Crippen MR) is 121 cm³/mol. The quantitative estimate of drug-likeness (QED) is 0.508. The third-order valence-corrected chi connectivity index (χ3v) is 5.12. The van der Waals surface area contributed by atoms with Crippen molar-refractivity contribution in [1.82, 2.24) is 5.32 Å². The van der Waals surface area contributed by atoms with Crippen LogP contribution >= 0.6 is 11.6 Å². The molecule has 0 aliphatic rings. The number of amides is 2. The molecule has 0 aliphatic heterocycles. The molecule has 160 valence electrons. The maximum atomic E-state index is 12.2. The number of halogens is 1. The largest absolute Gasteiger partial charge is 0.495 e. The highest BCUT2D eigenvalue weighted by Crippen LogP contribution is 2.27. The Labute approximate surface area is 185 Å². The Morgan fingerprint density at radius 2 is 1.61 bits per heavy atom. The SMILES string of the molecule is COc1ccc(NC(=O)C(=O)NC[C@](C)(O)c2ccc(-c3ccccc3)cc2)cc1Cl. The van der Waals surface area contributed by atoms with Gasteiger partial charge in [-0.1, -0.05) is 66.2 Å². The summed E-state index contributed by atoms with van der Waals surface area (Å²) in [5.74, 6) is -1.27. The van der Waals surface area contributed by atoms with Crippen molar-refractivity contribution in [2.75, 3.05) is 19.0 Å². The first-order valence-corrected chi connectivity index (χ1v) is 9.99. The highest BCUT2D eigenvalue weighted by atomic mass is 35.5. The van der Waals surface area contributed by atoms with Crippen LogP contribution in [0.5, 0.6) is 5.75 Å². The van der Waals surface area contributed by atoms with E-state index in [4.69, 9.17) is 16.3 Å². The molecule has 0 aliphatic carbocycles. The molecular formula is C24H23ClN2O4. The van der Waals surface area contributed by atoms with E-state index in [0.29, 0.717) is 22.0 Å². The van der Waals surface area contributed by atoms with Gasteiger partial charge in [-0.25, -0.2) is 0 Å². The van der Waals surface area contributed by atoms with Crippen molar-refractivity contribution in [3.05, 3.63) is 83.4 Å². The molecule has 3 rings (SSSR count). The van der Waals surface area contributed by atoms with Crippen LogP contribution in [0.15, 0.2) is 72.8 Å². The van der Waals surface area contributed by atoms with Gasteiger partial charge in [-0.05, 0) is 41.8 Å². The highest BCUT2D eigenvalue weighted by molar-refractivity contribution is 6.40. The summed E-state index contributed by atoms with van der Waals surface area (Å²) in [6, 6.07) is 21.9. The molecule has 0 spiro atoms. The summed E-state index contributed by atoms with van der Waals surface area (Å²) < 4.78 is 5.05. The van der Waals surface area contributed by atoms with Crippen molar-refractivity contribution >= 4 is 29.1 Å². The summed E-state index contributed by atoms with van der Waals surface area (Å²) in [5.41, 5.74) is 1.71. The normalized spacial score (nSPS) is 12.5. The van der Waals surface area contributed by atoms with Gasteiger partial charge in [-0.3, -0.25) is 9.59 Å². The molecule has 2 amide bonds. The fourth-order valence-electron chi connectivity index (χ4n) is 3.02. The molecule has 0 bridgehead atoms. The van der Waals surface area contributed by atoms with E-state index in [2.05, 4.69) is 10.6 Å². The number of carbonyl (C=O) groups is 2. The first kappa shape index (κ1) is 22.3. The maximum absolute atomic E-state index is 12.2. The van der Waals surface area contributed by atoms with Crippen LogP contribution in [-0.4, -0.2) is 30.6 Å². The molecule has 0 heterocycles. The van der Waals surface area contributed by atoms with Crippen LogP contribution in [0.1, 0.15) is 12.5 Å². The summed E-state index contributed by atoms with van der Waals surface area (Å²) in [7, 11) is 1.48. The van der Waals surface area contributed by atoms with Crippen LogP contribution < -0.4 is 15.4 Å². The number of carbonyl (C=O) groups excluding carboxylic acids is 2. The maximum Gasteiger partial charge on any atom is 0.313 e. The summed E-state index contributed by atoms with van der Waals surface area (Å²) >= 11 is 6.02. The van der Waals surface area contributed by atoms with Crippen molar-refractivity contribution in [1.29, 1.82) is 0 Å². The van der Waals surface area contributed by atoms with E-state index in [9.17, 15) is 14.7 Å². The second kappa shape index (κ2) is 9.64. The monoisotopic (exact) mass is 438 g/mol. The molecule has 3 aromatic carbocycles. The first-order valence-electron chi connectivity index (χ1n) is 9.61. The van der Waals surface area contributed by atoms with Crippen LogP contribution in [0.25, 0.3) is 11.1 Å². The number of hydrogen-bond acceptors (Lipinski definition) is 4. The lowest BCUT2D eigenvalue weighted by Gasteiger charge is -2.24. The minimum atomic E-state index is -1.35. The zero-order valence-electron chi connectivity index (χ0n) is 17.2. The van der Waals surface area contributed by atoms with Gasteiger partial charge >= 0.3 is 11.8 Å². The average molecular weight is 439 g/mol. The van der Waals surface area contributed by atoms with Crippen LogP contribution in [-0.2, 0) is 15.2 Å². The van der Waals surface area contributed by atoms with Crippen LogP contribution in [0.3, 0.4) is 0 Å². The Morgan fingerprint density at radius 3 is 2.23 bits per heavy atom. The molecule has 0 saturated heterocycles. The third kappa shape index (κ3) is 5.63. The van der Waals surface area contributed by atoms with Gasteiger partial charge in [-0.2, -0.15) is 0 Å². The van der Waals surface area contributed by atoms with Crippen LogP contribution in [0, 0.1) is 0 Å². The Morgan fingerprint density at radius 1 is 0.968 bits per heavy atom. The van der Waals surface area contributed by atoms with E-state index in [1.165, 1.54) is 13.2 Å². The highest BCUT2D eigenvalue weighted by Gasteiger charge is 2.25. The van der Waals surface area contributed by atoms with Gasteiger partial charge in [0.05, 0.1) is 18.7 Å². The molecular weight excluding hydrogens is 416 g/mol. The van der Waals surface area contributed by atoms with Crippen LogP contribution in [0.4, 0.5) is 5.69 Å². The molecule has 0 aromatic heterocycles. The number of anilines is 1. The molecule has 1 atom stereocenters. The second-order valence-corrected chi connectivity index (χ2v) is 7.61. The Balaban J connectivity index is 1.59. The third-order valence-electron chi connectivity index (χ3n) is 4.82. The van der Waals surface area contributed by atoms with Gasteiger partial charge in [0.15, 0.2) is 0 Å². The van der Waals surface area contributed by atoms with Gasteiger partial charge < -0.3 is 20.5 Å². The number of rotatable bonds is 6. The fourth-order valence-corrected chi connectivity index (χ4v) is 3.28. The fraction of sp³-hybridized carbons (Fsp3) is 0.167. The summed E-state index contributed by atoms with van der Waals surface area (Å²) in [4.78, 5) is 24.3. The van der Waals surface area contributed by atoms with E-state index in [-0.39, 0.29) is 6.54 Å². The van der Waals surface area contributed by atoms with Crippen molar-refractivity contribution in [2.24, 2.45) is 0 Å². The lowest BCUT2D eigenvalue weighted by molar-refractivity contribution is -0.136. The van der Waals surface area contributed by atoms with E-state index in [1.54, 1.807) is 31.2 Å². The number of aliphatic hydroxyl groups is 1. The van der Waals surface area contributed by atoms with Crippen molar-refractivity contribution in [3.8, 4) is 16.9 Å². The molecule has 0 unspecified atom stereocenters. The summed E-state index contributed by atoms with van der Waals surface area (Å²) in [6.45, 7) is 1.44. The molecule has 3 aromatic rings. The minimum Gasteiger partial charge on any atom is -0.495 e. The number of methoxy groups -OCH3 is 1. The molecule has 7 heteroatoms. The van der Waals surface area contributed by atoms with Crippen molar-refractivity contribution < 1.29 is 19.4 Å². The van der Waals surface area contributed by atoms with Gasteiger partial charge in [0.2, 0.25) is 0 Å². The Kier molecular flexibility index (Phi) is 6.95. The van der Waals surface area contributed by atoms with Crippen molar-refractivity contribution in [3.63, 3.8) is 0 Å². The minimum absolute atomic E-state index is 0.132. The Hall–Kier alpha value is -3.35. The Bertz CT molecular complexity index is 1070. The first-order chi connectivity index (χ1) is 14.8. The van der Waals surface area contributed by atoms with Gasteiger partial charge in [0.25, 0.3) is 0 Å². The zero-order valence-corrected chi connectivity index (χ0v) is 17.9. The standard InChI is InChI=1S/C24H23ClN2O4/c1-24(30,18-10-8-17(9-11-18)16-6-4-3-5-7-16)15-26-22(28)23(29)27-19-12-13-21(31-2)20(25)14-19/h3-14,30H,15H2,1-2H3,(H,26,28)(H,27,29)/t24-/m0/s1. The number of nitrogens with one attached hydrogen (secondary N) is 2. The predicted octanol–water partition coefficient (Wildman–Crippen LogP) is 3.98. The number of hydrogen-bond donors (Lipinski definition) is 3. The average Bonchev–Trinajstić information content (AvgIpc) is 2.78. The lowest BCUT2D eigenvalue weighted by atomic mass is 9.93. The topological polar surface area (TPSA) is 87.7 Å². The molecule has 6 nitrogen and oxygen atoms in total. The molecule has 0 radical (unpaired) electrons. The van der Waals surface area contributed by atoms with Crippen molar-refractivity contribution in [2.45, 2.75) is 12.5 Å². The molecule has 31 heavy (non-hydrogen) atoms. The zero-order chi connectivity index (χ0) is 22.4. The summed E-state index contributed by atoms with van der Waals surface area (Å²) in [6.07, 6.45) is 0.